The van der Waals surface area contributed by atoms with Crippen molar-refractivity contribution in [1.29, 1.82) is 0 Å². The fourth-order valence-electron chi connectivity index (χ4n) is 0.183. The number of allylic oxidation sites excluding steroid dienone is 1. The van der Waals surface area contributed by atoms with Crippen LogP contribution in [0.25, 0.3) is 0 Å². The molecule has 0 aromatic carbocycles. The van der Waals surface area contributed by atoms with Crippen LogP contribution in [0.15, 0.2) is 17.4 Å². The molecule has 0 saturated carbocycles. The Balaban J connectivity index is 0. The maximum atomic E-state index is 9.78. The minimum atomic E-state index is -0.891. The highest BCUT2D eigenvalue weighted by molar-refractivity contribution is 5.79. The largest absolute Gasteiger partial charge is 0.478 e. The van der Waals surface area contributed by atoms with Gasteiger partial charge in [-0.25, -0.2) is 9.59 Å². The molecule has 0 fully saturated rings. The van der Waals surface area contributed by atoms with Gasteiger partial charge in [-0.2, -0.15) is 5.01 Å². The van der Waals surface area contributed by atoms with Crippen LogP contribution in [0.3, 0.4) is 0 Å². The zero-order valence-corrected chi connectivity index (χ0v) is 7.30. The predicted molar refractivity (Wildman–Crippen MR) is 45.6 cm³/mol. The van der Waals surface area contributed by atoms with Crippen molar-refractivity contribution in [3.8, 4) is 0 Å². The lowest BCUT2D eigenvalue weighted by atomic mass is 10.5. The van der Waals surface area contributed by atoms with E-state index in [4.69, 9.17) is 5.11 Å². The lowest BCUT2D eigenvalue weighted by molar-refractivity contribution is -0.131. The first-order valence-corrected chi connectivity index (χ1v) is 3.17. The maximum absolute atomic E-state index is 9.78. The molecule has 0 spiro atoms. The Morgan fingerprint density at radius 3 is 2.00 bits per heavy atom. The smallest absolute Gasteiger partial charge is 0.337 e. The van der Waals surface area contributed by atoms with E-state index in [1.165, 1.54) is 13.1 Å². The van der Waals surface area contributed by atoms with E-state index in [9.17, 15) is 14.5 Å². The van der Waals surface area contributed by atoms with Crippen LogP contribution < -0.4 is 5.73 Å². The van der Waals surface area contributed by atoms with Crippen molar-refractivity contribution in [2.75, 3.05) is 7.05 Å². The summed E-state index contributed by atoms with van der Waals surface area (Å²) in [6.45, 7) is 1.66. The Kier molecular flexibility index (Phi) is 8.59. The minimum absolute atomic E-state index is 0.500. The van der Waals surface area contributed by atoms with Gasteiger partial charge in [0.1, 0.15) is 0 Å². The quantitative estimate of drug-likeness (QED) is 0.370. The number of nitroso groups, excluding NO2 is 1. The predicted octanol–water partition coefficient (Wildman–Crippen LogP) is 0.325. The molecule has 13 heavy (non-hydrogen) atoms. The Hall–Kier alpha value is -1.92. The summed E-state index contributed by atoms with van der Waals surface area (Å²) in [6, 6.07) is -0.852. The molecule has 0 bridgehead atoms. The molecule has 7 nitrogen and oxygen atoms in total. The zero-order chi connectivity index (χ0) is 10.9. The summed E-state index contributed by atoms with van der Waals surface area (Å²) < 4.78 is 0. The van der Waals surface area contributed by atoms with Crippen molar-refractivity contribution in [2.24, 2.45) is 11.0 Å². The molecule has 74 valence electrons. The van der Waals surface area contributed by atoms with Crippen molar-refractivity contribution < 1.29 is 14.7 Å². The fraction of sp³-hybridized carbons (Fsp3) is 0.333. The molecule has 0 aliphatic rings. The summed E-state index contributed by atoms with van der Waals surface area (Å²) in [7, 11) is 1.18. The third-order valence-electron chi connectivity index (χ3n) is 0.751. The molecule has 3 N–H and O–H groups in total. The van der Waals surface area contributed by atoms with Gasteiger partial charge in [0.25, 0.3) is 0 Å². The van der Waals surface area contributed by atoms with Gasteiger partial charge in [-0.05, 0) is 6.92 Å². The van der Waals surface area contributed by atoms with E-state index in [-0.39, 0.29) is 0 Å². The number of nitrogens with two attached hydrogens (primary N) is 1. The second-order valence-electron chi connectivity index (χ2n) is 1.78. The molecule has 0 rings (SSSR count). The van der Waals surface area contributed by atoms with Gasteiger partial charge in [0.15, 0.2) is 0 Å². The van der Waals surface area contributed by atoms with Gasteiger partial charge in [-0.1, -0.05) is 6.08 Å². The number of primary amides is 1. The number of carboxylic acids is 1. The van der Waals surface area contributed by atoms with Gasteiger partial charge in [0, 0.05) is 13.1 Å². The first kappa shape index (κ1) is 13.7. The molecule has 0 saturated heterocycles. The summed E-state index contributed by atoms with van der Waals surface area (Å²) in [5.74, 6) is -0.891. The van der Waals surface area contributed by atoms with Gasteiger partial charge in [-0.3, -0.25) is 0 Å². The number of aliphatic carboxylic acids is 1. The molecule has 0 unspecified atom stereocenters. The van der Waals surface area contributed by atoms with Crippen LogP contribution in [0.1, 0.15) is 6.92 Å². The van der Waals surface area contributed by atoms with Crippen molar-refractivity contribution in [3.63, 3.8) is 0 Å². The van der Waals surface area contributed by atoms with Crippen LogP contribution >= 0.6 is 0 Å². The second-order valence-corrected chi connectivity index (χ2v) is 1.78. The lowest BCUT2D eigenvalue weighted by Gasteiger charge is -1.97. The van der Waals surface area contributed by atoms with Crippen molar-refractivity contribution in [3.05, 3.63) is 17.1 Å². The third kappa shape index (κ3) is 13.1. The number of carboxylic acid groups (broad SMARTS) is 1. The average molecular weight is 189 g/mol. The molecular weight excluding hydrogens is 178 g/mol. The number of amides is 2. The number of hydrogen-bond donors (Lipinski definition) is 2. The van der Waals surface area contributed by atoms with Gasteiger partial charge < -0.3 is 10.8 Å². The number of nitrogens with zero attached hydrogens (tertiary/aromatic N) is 2. The van der Waals surface area contributed by atoms with Gasteiger partial charge in [0.05, 0.1) is 5.29 Å². The fourth-order valence-corrected chi connectivity index (χ4v) is 0.183. The van der Waals surface area contributed by atoms with Crippen LogP contribution in [0.4, 0.5) is 4.79 Å². The van der Waals surface area contributed by atoms with E-state index in [0.29, 0.717) is 5.01 Å². The first-order chi connectivity index (χ1) is 5.95. The standard InChI is InChI=1S/C4H6O2.C2H5N3O2/c1-2-3-4(5)6;1-5(4-7)2(3)6/h2-3H,1H3,(H,5,6);1H3,(H2,3,6)/b3-2+;. The highest BCUT2D eigenvalue weighted by atomic mass is 16.4. The van der Waals surface area contributed by atoms with E-state index in [1.807, 2.05) is 0 Å². The van der Waals surface area contributed by atoms with Gasteiger partial charge in [0.2, 0.25) is 0 Å². The highest BCUT2D eigenvalue weighted by Gasteiger charge is 1.97. The molecule has 0 atom stereocenters. The average Bonchev–Trinajstić information content (AvgIpc) is 2.03. The molecule has 0 heterocycles. The number of urea groups is 1. The minimum Gasteiger partial charge on any atom is -0.478 e. The van der Waals surface area contributed by atoms with E-state index in [1.54, 1.807) is 6.92 Å². The summed E-state index contributed by atoms with van der Waals surface area (Å²) in [5.41, 5.74) is 4.54. The second kappa shape index (κ2) is 8.18. The highest BCUT2D eigenvalue weighted by Crippen LogP contribution is 1.76. The van der Waals surface area contributed by atoms with E-state index < -0.39 is 12.0 Å². The summed E-state index contributed by atoms with van der Waals surface area (Å²) >= 11 is 0. The molecule has 0 aliphatic heterocycles. The summed E-state index contributed by atoms with van der Waals surface area (Å²) in [5, 5.41) is 10.5. The summed E-state index contributed by atoms with van der Waals surface area (Å²) in [4.78, 5) is 28.6. The Morgan fingerprint density at radius 2 is 2.00 bits per heavy atom. The van der Waals surface area contributed by atoms with Crippen LogP contribution in [0.5, 0.6) is 0 Å². The molecule has 2 amide bonds. The monoisotopic (exact) mass is 189 g/mol. The van der Waals surface area contributed by atoms with E-state index in [0.717, 1.165) is 6.08 Å². The van der Waals surface area contributed by atoms with Crippen LogP contribution in [0, 0.1) is 4.91 Å². The number of carbonyl (C=O) groups is 2. The van der Waals surface area contributed by atoms with Crippen LogP contribution in [-0.4, -0.2) is 29.2 Å². The molecule has 7 heteroatoms. The Bertz CT molecular complexity index is 214. The molecule has 0 aromatic rings. The van der Waals surface area contributed by atoms with Gasteiger partial charge >= 0.3 is 12.0 Å². The lowest BCUT2D eigenvalue weighted by Crippen LogP contribution is -2.26. The topological polar surface area (TPSA) is 113 Å². The number of rotatable bonds is 2. The maximum Gasteiger partial charge on any atom is 0.337 e. The van der Waals surface area contributed by atoms with Crippen LogP contribution in [-0.2, 0) is 4.79 Å². The SMILES string of the molecule is C/C=C/C(=O)O.CN(N=O)C(N)=O. The summed E-state index contributed by atoms with van der Waals surface area (Å²) in [6.07, 6.45) is 2.56. The van der Waals surface area contributed by atoms with Gasteiger partial charge in [-0.15, -0.1) is 4.91 Å². The normalized spacial score (nSPS) is 8.46. The first-order valence-electron chi connectivity index (χ1n) is 3.17. The van der Waals surface area contributed by atoms with Crippen molar-refractivity contribution in [2.45, 2.75) is 6.92 Å². The molecule has 0 aromatic heterocycles. The van der Waals surface area contributed by atoms with Crippen LogP contribution in [0.2, 0.25) is 0 Å². The van der Waals surface area contributed by atoms with E-state index >= 15 is 0 Å². The molecular formula is C6H11N3O4. The Labute approximate surface area is 74.8 Å². The number of hydrogen-bond acceptors (Lipinski definition) is 4. The molecule has 0 radical (unpaired) electrons. The van der Waals surface area contributed by atoms with E-state index in [2.05, 4.69) is 11.0 Å². The molecule has 0 aliphatic carbocycles. The number of carbonyl (C=O) groups excluding carboxylic acids is 1. The zero-order valence-electron chi connectivity index (χ0n) is 7.30. The van der Waals surface area contributed by atoms with Crippen molar-refractivity contribution in [1.82, 2.24) is 5.01 Å². The third-order valence-corrected chi connectivity index (χ3v) is 0.751. The Morgan fingerprint density at radius 1 is 1.54 bits per heavy atom. The van der Waals surface area contributed by atoms with Crippen molar-refractivity contribution >= 4 is 12.0 Å².